The lowest BCUT2D eigenvalue weighted by atomic mass is 10.1. The van der Waals surface area contributed by atoms with Crippen molar-refractivity contribution in [1.82, 2.24) is 10.2 Å². The van der Waals surface area contributed by atoms with Crippen LogP contribution in [0, 0.1) is 25.2 Å². The zero-order valence-electron chi connectivity index (χ0n) is 10.1. The first kappa shape index (κ1) is 12.3. The molecule has 5 heteroatoms. The van der Waals surface area contributed by atoms with Gasteiger partial charge in [0.2, 0.25) is 0 Å². The number of thioether (sulfide) groups is 1. The Labute approximate surface area is 105 Å². The van der Waals surface area contributed by atoms with Crippen LogP contribution in [-0.2, 0) is 4.74 Å². The van der Waals surface area contributed by atoms with E-state index in [0.29, 0.717) is 11.7 Å². The molecule has 1 aliphatic rings. The molecule has 0 N–H and O–H groups in total. The van der Waals surface area contributed by atoms with E-state index in [4.69, 9.17) is 10.00 Å². The van der Waals surface area contributed by atoms with Gasteiger partial charge in [0, 0.05) is 12.4 Å². The molecule has 0 spiro atoms. The van der Waals surface area contributed by atoms with E-state index in [0.717, 1.165) is 41.5 Å². The molecule has 1 saturated heterocycles. The Bertz CT molecular complexity index is 450. The molecule has 90 valence electrons. The van der Waals surface area contributed by atoms with Crippen molar-refractivity contribution in [2.24, 2.45) is 0 Å². The second-order valence-corrected chi connectivity index (χ2v) is 5.16. The first-order valence-corrected chi connectivity index (χ1v) is 6.69. The average Bonchev–Trinajstić information content (AvgIpc) is 2.83. The summed E-state index contributed by atoms with van der Waals surface area (Å²) < 4.78 is 5.55. The fourth-order valence-electron chi connectivity index (χ4n) is 1.77. The smallest absolute Gasteiger partial charge is 0.137 e. The van der Waals surface area contributed by atoms with Crippen molar-refractivity contribution >= 4 is 11.8 Å². The van der Waals surface area contributed by atoms with Crippen LogP contribution in [0.15, 0.2) is 5.03 Å². The van der Waals surface area contributed by atoms with Crippen LogP contribution in [0.25, 0.3) is 0 Å². The van der Waals surface area contributed by atoms with Crippen molar-refractivity contribution < 1.29 is 4.74 Å². The van der Waals surface area contributed by atoms with Crippen molar-refractivity contribution in [1.29, 1.82) is 5.26 Å². The molecule has 0 aliphatic carbocycles. The van der Waals surface area contributed by atoms with E-state index in [1.54, 1.807) is 11.8 Å². The number of ether oxygens (including phenoxy) is 1. The largest absolute Gasteiger partial charge is 0.377 e. The summed E-state index contributed by atoms with van der Waals surface area (Å²) in [5.41, 5.74) is 2.40. The van der Waals surface area contributed by atoms with Crippen molar-refractivity contribution in [2.45, 2.75) is 37.8 Å². The summed E-state index contributed by atoms with van der Waals surface area (Å²) in [5.74, 6) is 0.853. The molecule has 1 atom stereocenters. The van der Waals surface area contributed by atoms with E-state index in [9.17, 15) is 0 Å². The first-order valence-electron chi connectivity index (χ1n) is 5.70. The fourth-order valence-corrected chi connectivity index (χ4v) is 2.82. The zero-order valence-corrected chi connectivity index (χ0v) is 10.9. The number of aryl methyl sites for hydroxylation is 1. The summed E-state index contributed by atoms with van der Waals surface area (Å²) in [5, 5.41) is 18.1. The lowest BCUT2D eigenvalue weighted by Gasteiger charge is -2.10. The van der Waals surface area contributed by atoms with Gasteiger partial charge in [0.25, 0.3) is 0 Å². The van der Waals surface area contributed by atoms with E-state index >= 15 is 0 Å². The molecule has 0 aromatic carbocycles. The van der Waals surface area contributed by atoms with Crippen molar-refractivity contribution in [2.75, 3.05) is 12.4 Å². The maximum absolute atomic E-state index is 9.15. The van der Waals surface area contributed by atoms with E-state index in [1.807, 2.05) is 13.8 Å². The van der Waals surface area contributed by atoms with E-state index in [-0.39, 0.29) is 0 Å². The predicted octanol–water partition coefficient (Wildman–Crippen LogP) is 2.24. The molecule has 0 saturated carbocycles. The van der Waals surface area contributed by atoms with Crippen LogP contribution in [0.3, 0.4) is 0 Å². The Morgan fingerprint density at radius 1 is 1.47 bits per heavy atom. The Kier molecular flexibility index (Phi) is 3.97. The maximum Gasteiger partial charge on any atom is 0.137 e. The molecule has 0 amide bonds. The Hall–Kier alpha value is -1.12. The van der Waals surface area contributed by atoms with Crippen LogP contribution in [0.5, 0.6) is 0 Å². The van der Waals surface area contributed by atoms with Gasteiger partial charge in [-0.1, -0.05) is 0 Å². The first-order chi connectivity index (χ1) is 8.22. The summed E-state index contributed by atoms with van der Waals surface area (Å²) in [6, 6.07) is 2.22. The second-order valence-electron chi connectivity index (χ2n) is 4.15. The highest BCUT2D eigenvalue weighted by Gasteiger charge is 2.18. The Morgan fingerprint density at radius 2 is 2.29 bits per heavy atom. The van der Waals surface area contributed by atoms with Gasteiger partial charge < -0.3 is 4.74 Å². The average molecular weight is 249 g/mol. The molecule has 4 nitrogen and oxygen atoms in total. The van der Waals surface area contributed by atoms with E-state index in [1.165, 1.54) is 0 Å². The number of hydrogen-bond donors (Lipinski definition) is 0. The van der Waals surface area contributed by atoms with Gasteiger partial charge in [-0.2, -0.15) is 10.4 Å². The lowest BCUT2D eigenvalue weighted by molar-refractivity contribution is 0.129. The Balaban J connectivity index is 2.10. The number of aromatic nitrogens is 2. The van der Waals surface area contributed by atoms with E-state index < -0.39 is 0 Å². The molecule has 1 fully saturated rings. The molecular weight excluding hydrogens is 234 g/mol. The van der Waals surface area contributed by atoms with Gasteiger partial charge in [-0.15, -0.1) is 16.9 Å². The quantitative estimate of drug-likeness (QED) is 0.769. The Morgan fingerprint density at radius 3 is 2.94 bits per heavy atom. The van der Waals surface area contributed by atoms with Crippen molar-refractivity contribution in [3.05, 3.63) is 16.8 Å². The summed E-state index contributed by atoms with van der Waals surface area (Å²) >= 11 is 1.57. The highest BCUT2D eigenvalue weighted by Crippen LogP contribution is 2.26. The molecular formula is C12H15N3OS. The normalized spacial score (nSPS) is 19.2. The second kappa shape index (κ2) is 5.48. The third-order valence-corrected chi connectivity index (χ3v) is 4.06. The van der Waals surface area contributed by atoms with Crippen LogP contribution in [0.1, 0.15) is 29.7 Å². The lowest BCUT2D eigenvalue weighted by Crippen LogP contribution is -2.09. The van der Waals surface area contributed by atoms with Crippen LogP contribution in [0.4, 0.5) is 0 Å². The molecule has 1 aromatic heterocycles. The van der Waals surface area contributed by atoms with Gasteiger partial charge in [0.05, 0.1) is 17.4 Å². The minimum absolute atomic E-state index is 0.301. The SMILES string of the molecule is Cc1nnc(SC[C@H]2CCCO2)c(C#N)c1C. The topological polar surface area (TPSA) is 58.8 Å². The molecule has 1 aromatic rings. The zero-order chi connectivity index (χ0) is 12.3. The van der Waals surface area contributed by atoms with Crippen LogP contribution >= 0.6 is 11.8 Å². The predicted molar refractivity (Wildman–Crippen MR) is 65.9 cm³/mol. The maximum atomic E-state index is 9.15. The number of nitrogens with zero attached hydrogens (tertiary/aromatic N) is 3. The third kappa shape index (κ3) is 2.76. The van der Waals surface area contributed by atoms with Gasteiger partial charge in [0.15, 0.2) is 0 Å². The molecule has 2 heterocycles. The van der Waals surface area contributed by atoms with Crippen molar-refractivity contribution in [3.63, 3.8) is 0 Å². The third-order valence-electron chi connectivity index (χ3n) is 2.96. The minimum atomic E-state index is 0.301. The standard InChI is InChI=1S/C12H15N3OS/c1-8-9(2)14-15-12(11(8)6-13)17-7-10-4-3-5-16-10/h10H,3-5,7H2,1-2H3/t10-/m1/s1. The number of hydrogen-bond acceptors (Lipinski definition) is 5. The molecule has 1 aliphatic heterocycles. The van der Waals surface area contributed by atoms with Gasteiger partial charge in [-0.05, 0) is 32.3 Å². The van der Waals surface area contributed by atoms with Crippen molar-refractivity contribution in [3.8, 4) is 6.07 Å². The van der Waals surface area contributed by atoms with Crippen LogP contribution < -0.4 is 0 Å². The molecule has 17 heavy (non-hydrogen) atoms. The molecule has 2 rings (SSSR count). The summed E-state index contributed by atoms with van der Waals surface area (Å²) in [7, 11) is 0. The van der Waals surface area contributed by atoms with E-state index in [2.05, 4.69) is 16.3 Å². The summed E-state index contributed by atoms with van der Waals surface area (Å²) in [6.07, 6.45) is 2.54. The fraction of sp³-hybridized carbons (Fsp3) is 0.583. The molecule has 0 unspecified atom stereocenters. The molecule has 0 bridgehead atoms. The van der Waals surface area contributed by atoms with Crippen LogP contribution in [-0.4, -0.2) is 28.7 Å². The highest BCUT2D eigenvalue weighted by molar-refractivity contribution is 7.99. The number of nitriles is 1. The summed E-state index contributed by atoms with van der Waals surface area (Å²) in [6.45, 7) is 4.64. The van der Waals surface area contributed by atoms with Gasteiger partial charge in [-0.25, -0.2) is 0 Å². The number of rotatable bonds is 3. The highest BCUT2D eigenvalue weighted by atomic mass is 32.2. The summed E-state index contributed by atoms with van der Waals surface area (Å²) in [4.78, 5) is 0. The molecule has 0 radical (unpaired) electrons. The van der Waals surface area contributed by atoms with Gasteiger partial charge >= 0.3 is 0 Å². The monoisotopic (exact) mass is 249 g/mol. The van der Waals surface area contributed by atoms with Gasteiger partial charge in [0.1, 0.15) is 11.1 Å². The van der Waals surface area contributed by atoms with Crippen LogP contribution in [0.2, 0.25) is 0 Å². The van der Waals surface area contributed by atoms with Gasteiger partial charge in [-0.3, -0.25) is 0 Å². The minimum Gasteiger partial charge on any atom is -0.377 e.